The maximum absolute atomic E-state index is 13.1. The Balaban J connectivity index is 2.56. The topological polar surface area (TPSA) is 50.9 Å². The smallest absolute Gasteiger partial charge is 0.166 e. The Kier molecular flexibility index (Phi) is 4.11. The summed E-state index contributed by atoms with van der Waals surface area (Å²) < 4.78 is 13.7. The molecule has 0 bridgehead atoms. The zero-order valence-electron chi connectivity index (χ0n) is 7.06. The molecule has 0 unspecified atom stereocenters. The third kappa shape index (κ3) is 3.28. The van der Waals surface area contributed by atoms with Crippen molar-refractivity contribution in [1.29, 1.82) is 0 Å². The van der Waals surface area contributed by atoms with E-state index < -0.39 is 0 Å². The van der Waals surface area contributed by atoms with Gasteiger partial charge in [0, 0.05) is 17.2 Å². The van der Waals surface area contributed by atoms with Gasteiger partial charge in [-0.15, -0.1) is 0 Å². The van der Waals surface area contributed by atoms with Crippen molar-refractivity contribution < 1.29 is 4.39 Å². The summed E-state index contributed by atoms with van der Waals surface area (Å²) in [5, 5.41) is 2.85. The number of pyridine rings is 1. The molecule has 1 aromatic heterocycles. The van der Waals surface area contributed by atoms with Gasteiger partial charge >= 0.3 is 0 Å². The quantitative estimate of drug-likeness (QED) is 0.798. The number of anilines is 1. The fraction of sp³-hybridized carbons (Fsp3) is 0.375. The van der Waals surface area contributed by atoms with Crippen molar-refractivity contribution in [3.05, 3.63) is 22.6 Å². The number of hydrogen-bond acceptors (Lipinski definition) is 3. The molecule has 1 rings (SSSR count). The Hall–Kier alpha value is -0.680. The predicted molar refractivity (Wildman–Crippen MR) is 54.1 cm³/mol. The van der Waals surface area contributed by atoms with Crippen molar-refractivity contribution in [1.82, 2.24) is 4.98 Å². The van der Waals surface area contributed by atoms with Crippen LogP contribution in [-0.4, -0.2) is 18.1 Å². The van der Waals surface area contributed by atoms with Crippen LogP contribution >= 0.6 is 15.9 Å². The maximum atomic E-state index is 13.1. The third-order valence-electron chi connectivity index (χ3n) is 1.48. The second-order valence-corrected chi connectivity index (χ2v) is 3.47. The van der Waals surface area contributed by atoms with Crippen LogP contribution in [0.1, 0.15) is 6.42 Å². The van der Waals surface area contributed by atoms with Gasteiger partial charge in [0.05, 0.1) is 0 Å². The molecule has 0 aromatic carbocycles. The van der Waals surface area contributed by atoms with Crippen molar-refractivity contribution in [2.24, 2.45) is 5.73 Å². The molecule has 0 radical (unpaired) electrons. The Bertz CT molecular complexity index is 280. The van der Waals surface area contributed by atoms with Crippen LogP contribution in [-0.2, 0) is 0 Å². The van der Waals surface area contributed by atoms with E-state index in [0.717, 1.165) is 6.42 Å². The highest BCUT2D eigenvalue weighted by Gasteiger charge is 2.02. The molecular formula is C8H11BrFN3. The summed E-state index contributed by atoms with van der Waals surface area (Å²) in [5.41, 5.74) is 5.29. The van der Waals surface area contributed by atoms with Crippen LogP contribution < -0.4 is 11.1 Å². The number of halogens is 2. The lowest BCUT2D eigenvalue weighted by molar-refractivity contribution is 0.622. The molecule has 0 saturated heterocycles. The largest absolute Gasteiger partial charge is 0.368 e. The summed E-state index contributed by atoms with van der Waals surface area (Å²) in [6.45, 7) is 1.23. The van der Waals surface area contributed by atoms with Crippen molar-refractivity contribution in [2.75, 3.05) is 18.4 Å². The van der Waals surface area contributed by atoms with E-state index in [9.17, 15) is 4.39 Å². The number of aromatic nitrogens is 1. The molecule has 13 heavy (non-hydrogen) atoms. The Labute approximate surface area is 84.7 Å². The zero-order valence-corrected chi connectivity index (χ0v) is 8.64. The van der Waals surface area contributed by atoms with Crippen LogP contribution in [0, 0.1) is 5.82 Å². The van der Waals surface area contributed by atoms with Gasteiger partial charge in [0.2, 0.25) is 0 Å². The van der Waals surface area contributed by atoms with Crippen LogP contribution in [0.15, 0.2) is 16.7 Å². The van der Waals surface area contributed by atoms with Crippen molar-refractivity contribution in [3.63, 3.8) is 0 Å². The first kappa shape index (κ1) is 10.4. The average molecular weight is 248 g/mol. The molecule has 5 heteroatoms. The Morgan fingerprint density at radius 3 is 3.00 bits per heavy atom. The first-order valence-corrected chi connectivity index (χ1v) is 4.78. The van der Waals surface area contributed by atoms with E-state index in [-0.39, 0.29) is 11.6 Å². The van der Waals surface area contributed by atoms with Gasteiger partial charge in [-0.3, -0.25) is 0 Å². The van der Waals surface area contributed by atoms with Crippen LogP contribution in [0.5, 0.6) is 0 Å². The van der Waals surface area contributed by atoms with E-state index >= 15 is 0 Å². The molecular weight excluding hydrogens is 237 g/mol. The normalized spacial score (nSPS) is 10.1. The van der Waals surface area contributed by atoms with E-state index in [2.05, 4.69) is 26.2 Å². The van der Waals surface area contributed by atoms with E-state index in [1.165, 1.54) is 6.07 Å². The minimum atomic E-state index is -0.355. The van der Waals surface area contributed by atoms with Crippen molar-refractivity contribution in [3.8, 4) is 0 Å². The van der Waals surface area contributed by atoms with E-state index in [0.29, 0.717) is 17.6 Å². The fourth-order valence-electron chi connectivity index (χ4n) is 0.854. The molecule has 72 valence electrons. The SMILES string of the molecule is NCCCNc1ncc(Br)cc1F. The lowest BCUT2D eigenvalue weighted by Gasteiger charge is -2.05. The highest BCUT2D eigenvalue weighted by molar-refractivity contribution is 9.10. The number of nitrogens with one attached hydrogen (secondary N) is 1. The number of nitrogens with zero attached hydrogens (tertiary/aromatic N) is 1. The monoisotopic (exact) mass is 247 g/mol. The molecule has 0 saturated carbocycles. The molecule has 3 N–H and O–H groups in total. The standard InChI is InChI=1S/C8H11BrFN3/c9-6-4-7(10)8(13-5-6)12-3-1-2-11/h4-5H,1-3,11H2,(H,12,13). The summed E-state index contributed by atoms with van der Waals surface area (Å²) in [5.74, 6) is -0.0805. The first-order valence-electron chi connectivity index (χ1n) is 3.99. The second-order valence-electron chi connectivity index (χ2n) is 2.55. The summed E-state index contributed by atoms with van der Waals surface area (Å²) in [4.78, 5) is 3.88. The van der Waals surface area contributed by atoms with Gasteiger partial charge in [-0.25, -0.2) is 9.37 Å². The Morgan fingerprint density at radius 2 is 2.38 bits per heavy atom. The van der Waals surface area contributed by atoms with Gasteiger partial charge in [-0.2, -0.15) is 0 Å². The van der Waals surface area contributed by atoms with Gasteiger partial charge in [0.15, 0.2) is 11.6 Å². The second kappa shape index (κ2) is 5.14. The third-order valence-corrected chi connectivity index (χ3v) is 1.91. The highest BCUT2D eigenvalue weighted by atomic mass is 79.9. The molecule has 0 aliphatic carbocycles. The molecule has 0 aliphatic rings. The Morgan fingerprint density at radius 1 is 1.62 bits per heavy atom. The summed E-state index contributed by atoms with van der Waals surface area (Å²) in [6.07, 6.45) is 2.35. The average Bonchev–Trinajstić information content (AvgIpc) is 2.09. The lowest BCUT2D eigenvalue weighted by atomic mass is 10.4. The predicted octanol–water partition coefficient (Wildman–Crippen LogP) is 1.74. The molecule has 0 aliphatic heterocycles. The summed E-state index contributed by atoms with van der Waals surface area (Å²) in [6, 6.07) is 1.37. The van der Waals surface area contributed by atoms with Crippen molar-refractivity contribution in [2.45, 2.75) is 6.42 Å². The van der Waals surface area contributed by atoms with Gasteiger partial charge < -0.3 is 11.1 Å². The molecule has 3 nitrogen and oxygen atoms in total. The van der Waals surface area contributed by atoms with Crippen LogP contribution in [0.4, 0.5) is 10.2 Å². The number of hydrogen-bond donors (Lipinski definition) is 2. The minimum absolute atomic E-state index is 0.275. The number of rotatable bonds is 4. The molecule has 0 spiro atoms. The fourth-order valence-corrected chi connectivity index (χ4v) is 1.16. The molecule has 0 atom stereocenters. The van der Waals surface area contributed by atoms with Crippen LogP contribution in [0.25, 0.3) is 0 Å². The first-order chi connectivity index (χ1) is 6.24. The molecule has 1 heterocycles. The molecule has 0 amide bonds. The zero-order chi connectivity index (χ0) is 9.68. The van der Waals surface area contributed by atoms with Crippen molar-refractivity contribution >= 4 is 21.7 Å². The van der Waals surface area contributed by atoms with E-state index in [1.807, 2.05) is 0 Å². The van der Waals surface area contributed by atoms with Gasteiger partial charge in [-0.1, -0.05) is 0 Å². The van der Waals surface area contributed by atoms with Gasteiger partial charge in [-0.05, 0) is 35.0 Å². The van der Waals surface area contributed by atoms with Gasteiger partial charge in [0.1, 0.15) is 0 Å². The maximum Gasteiger partial charge on any atom is 0.166 e. The minimum Gasteiger partial charge on any atom is -0.368 e. The van der Waals surface area contributed by atoms with E-state index in [1.54, 1.807) is 6.20 Å². The molecule has 1 aromatic rings. The highest BCUT2D eigenvalue weighted by Crippen LogP contribution is 2.15. The summed E-state index contributed by atoms with van der Waals surface area (Å²) >= 11 is 3.13. The van der Waals surface area contributed by atoms with Gasteiger partial charge in [0.25, 0.3) is 0 Å². The lowest BCUT2D eigenvalue weighted by Crippen LogP contribution is -2.10. The van der Waals surface area contributed by atoms with Crippen LogP contribution in [0.2, 0.25) is 0 Å². The van der Waals surface area contributed by atoms with E-state index in [4.69, 9.17) is 5.73 Å². The number of nitrogens with two attached hydrogens (primary N) is 1. The van der Waals surface area contributed by atoms with Crippen LogP contribution in [0.3, 0.4) is 0 Å². The molecule has 0 fully saturated rings. The summed E-state index contributed by atoms with van der Waals surface area (Å²) in [7, 11) is 0.